The number of ether oxygens (including phenoxy) is 1. The van der Waals surface area contributed by atoms with E-state index in [1.807, 2.05) is 60.7 Å². The molecular formula is C21H20ClNO. The smallest absolute Gasteiger partial charge is 0.127 e. The predicted octanol–water partition coefficient (Wildman–Crippen LogP) is 5.46. The van der Waals surface area contributed by atoms with Gasteiger partial charge in [-0.3, -0.25) is 0 Å². The molecule has 0 aliphatic heterocycles. The molecule has 0 aromatic heterocycles. The zero-order valence-corrected chi connectivity index (χ0v) is 14.2. The molecule has 0 heterocycles. The monoisotopic (exact) mass is 337 g/mol. The molecular weight excluding hydrogens is 318 g/mol. The van der Waals surface area contributed by atoms with Gasteiger partial charge in [0, 0.05) is 11.6 Å². The highest BCUT2D eigenvalue weighted by molar-refractivity contribution is 6.30. The molecule has 122 valence electrons. The molecule has 3 aromatic rings. The lowest BCUT2D eigenvalue weighted by Gasteiger charge is -2.09. The second-order valence-electron chi connectivity index (χ2n) is 5.62. The van der Waals surface area contributed by atoms with Gasteiger partial charge in [0.1, 0.15) is 11.5 Å². The van der Waals surface area contributed by atoms with Crippen LogP contribution < -0.4 is 10.1 Å². The number of benzene rings is 3. The van der Waals surface area contributed by atoms with Crippen molar-refractivity contribution in [3.63, 3.8) is 0 Å². The van der Waals surface area contributed by atoms with Crippen LogP contribution in [0.3, 0.4) is 0 Å². The van der Waals surface area contributed by atoms with E-state index < -0.39 is 0 Å². The van der Waals surface area contributed by atoms with Gasteiger partial charge in [0.2, 0.25) is 0 Å². The van der Waals surface area contributed by atoms with Crippen LogP contribution in [0.5, 0.6) is 11.5 Å². The number of rotatable bonds is 7. The Morgan fingerprint density at radius 1 is 0.750 bits per heavy atom. The standard InChI is InChI=1S/C21H20ClNO/c22-19-8-4-6-17(14-19)12-13-23-16-18-7-5-11-21(15-18)24-20-9-2-1-3-10-20/h1-11,14-15,23H,12-13,16H2. The lowest BCUT2D eigenvalue weighted by molar-refractivity contribution is 0.481. The minimum atomic E-state index is 0.790. The summed E-state index contributed by atoms with van der Waals surface area (Å²) in [6.07, 6.45) is 0.959. The van der Waals surface area contributed by atoms with Crippen LogP contribution in [-0.4, -0.2) is 6.54 Å². The average molecular weight is 338 g/mol. The van der Waals surface area contributed by atoms with Gasteiger partial charge in [-0.15, -0.1) is 0 Å². The lowest BCUT2D eigenvalue weighted by atomic mass is 10.1. The maximum absolute atomic E-state index is 6.00. The average Bonchev–Trinajstić information content (AvgIpc) is 2.60. The molecule has 0 saturated heterocycles. The van der Waals surface area contributed by atoms with Crippen LogP contribution in [0, 0.1) is 0 Å². The Kier molecular flexibility index (Phi) is 5.89. The second-order valence-corrected chi connectivity index (χ2v) is 6.06. The minimum Gasteiger partial charge on any atom is -0.457 e. The summed E-state index contributed by atoms with van der Waals surface area (Å²) in [5.41, 5.74) is 2.45. The van der Waals surface area contributed by atoms with Gasteiger partial charge in [-0.2, -0.15) is 0 Å². The molecule has 0 bridgehead atoms. The highest BCUT2D eigenvalue weighted by Gasteiger charge is 2.00. The third kappa shape index (κ3) is 5.12. The largest absolute Gasteiger partial charge is 0.457 e. The van der Waals surface area contributed by atoms with Gasteiger partial charge in [0.15, 0.2) is 0 Å². The van der Waals surface area contributed by atoms with Gasteiger partial charge >= 0.3 is 0 Å². The van der Waals surface area contributed by atoms with E-state index in [-0.39, 0.29) is 0 Å². The fourth-order valence-corrected chi connectivity index (χ4v) is 2.71. The fourth-order valence-electron chi connectivity index (χ4n) is 2.50. The van der Waals surface area contributed by atoms with Crippen LogP contribution in [0.15, 0.2) is 78.9 Å². The maximum Gasteiger partial charge on any atom is 0.127 e. The molecule has 24 heavy (non-hydrogen) atoms. The second kappa shape index (κ2) is 8.53. The van der Waals surface area contributed by atoms with Crippen molar-refractivity contribution < 1.29 is 4.74 Å². The van der Waals surface area contributed by atoms with Crippen LogP contribution >= 0.6 is 11.6 Å². The van der Waals surface area contributed by atoms with E-state index in [0.29, 0.717) is 0 Å². The lowest BCUT2D eigenvalue weighted by Crippen LogP contribution is -2.16. The van der Waals surface area contributed by atoms with Crippen molar-refractivity contribution in [3.05, 3.63) is 95.0 Å². The summed E-state index contributed by atoms with van der Waals surface area (Å²) in [6.45, 7) is 1.72. The molecule has 3 heteroatoms. The van der Waals surface area contributed by atoms with Gasteiger partial charge in [-0.25, -0.2) is 0 Å². The third-order valence-electron chi connectivity index (χ3n) is 3.69. The van der Waals surface area contributed by atoms with E-state index in [0.717, 1.165) is 36.0 Å². The molecule has 1 N–H and O–H groups in total. The summed E-state index contributed by atoms with van der Waals surface area (Å²) >= 11 is 6.00. The van der Waals surface area contributed by atoms with E-state index in [9.17, 15) is 0 Å². The summed E-state index contributed by atoms with van der Waals surface area (Å²) in [4.78, 5) is 0. The van der Waals surface area contributed by atoms with Gasteiger partial charge < -0.3 is 10.1 Å². The van der Waals surface area contributed by atoms with E-state index >= 15 is 0 Å². The summed E-state index contributed by atoms with van der Waals surface area (Å²) in [7, 11) is 0. The van der Waals surface area contributed by atoms with E-state index in [1.54, 1.807) is 0 Å². The Balaban J connectivity index is 1.49. The molecule has 0 aliphatic carbocycles. The maximum atomic E-state index is 6.00. The number of hydrogen-bond acceptors (Lipinski definition) is 2. The first-order valence-electron chi connectivity index (χ1n) is 8.06. The van der Waals surface area contributed by atoms with E-state index in [1.165, 1.54) is 11.1 Å². The Morgan fingerprint density at radius 2 is 1.50 bits per heavy atom. The summed E-state index contributed by atoms with van der Waals surface area (Å²) in [6, 6.07) is 26.0. The zero-order chi connectivity index (χ0) is 16.6. The summed E-state index contributed by atoms with van der Waals surface area (Å²) in [5.74, 6) is 1.71. The van der Waals surface area contributed by atoms with Gasteiger partial charge in [0.25, 0.3) is 0 Å². The Hall–Kier alpha value is -2.29. The van der Waals surface area contributed by atoms with Gasteiger partial charge in [0.05, 0.1) is 0 Å². The van der Waals surface area contributed by atoms with Crippen molar-refractivity contribution in [1.82, 2.24) is 5.32 Å². The van der Waals surface area contributed by atoms with E-state index in [4.69, 9.17) is 16.3 Å². The van der Waals surface area contributed by atoms with E-state index in [2.05, 4.69) is 23.5 Å². The zero-order valence-electron chi connectivity index (χ0n) is 13.4. The quantitative estimate of drug-likeness (QED) is 0.578. The first-order chi connectivity index (χ1) is 11.8. The molecule has 3 aromatic carbocycles. The molecule has 0 atom stereocenters. The summed E-state index contributed by atoms with van der Waals surface area (Å²) < 4.78 is 5.87. The first-order valence-corrected chi connectivity index (χ1v) is 8.44. The molecule has 3 rings (SSSR count). The molecule has 0 saturated carbocycles. The van der Waals surface area contributed by atoms with Crippen molar-refractivity contribution in [2.45, 2.75) is 13.0 Å². The number of nitrogens with one attached hydrogen (secondary N) is 1. The molecule has 0 radical (unpaired) electrons. The van der Waals surface area contributed by atoms with Crippen molar-refractivity contribution in [1.29, 1.82) is 0 Å². The van der Waals surface area contributed by atoms with Crippen molar-refractivity contribution in [2.75, 3.05) is 6.54 Å². The van der Waals surface area contributed by atoms with Crippen molar-refractivity contribution in [2.24, 2.45) is 0 Å². The SMILES string of the molecule is Clc1cccc(CCNCc2cccc(Oc3ccccc3)c2)c1. The van der Waals surface area contributed by atoms with Crippen LogP contribution in [0.25, 0.3) is 0 Å². The highest BCUT2D eigenvalue weighted by atomic mass is 35.5. The van der Waals surface area contributed by atoms with Crippen LogP contribution in [0.1, 0.15) is 11.1 Å². The molecule has 2 nitrogen and oxygen atoms in total. The highest BCUT2D eigenvalue weighted by Crippen LogP contribution is 2.21. The molecule has 0 spiro atoms. The summed E-state index contributed by atoms with van der Waals surface area (Å²) in [5, 5.41) is 4.25. The molecule has 0 aliphatic rings. The van der Waals surface area contributed by atoms with Gasteiger partial charge in [-0.1, -0.05) is 54.1 Å². The Bertz CT molecular complexity index is 774. The molecule has 0 unspecified atom stereocenters. The Labute approximate surface area is 148 Å². The van der Waals surface area contributed by atoms with Crippen LogP contribution in [0.4, 0.5) is 0 Å². The van der Waals surface area contributed by atoms with Gasteiger partial charge in [-0.05, 0) is 60.5 Å². The number of para-hydroxylation sites is 1. The normalized spacial score (nSPS) is 10.5. The minimum absolute atomic E-state index is 0.790. The molecule has 0 amide bonds. The predicted molar refractivity (Wildman–Crippen MR) is 99.8 cm³/mol. The number of halogens is 1. The molecule has 0 fully saturated rings. The van der Waals surface area contributed by atoms with Crippen molar-refractivity contribution >= 4 is 11.6 Å². The van der Waals surface area contributed by atoms with Crippen LogP contribution in [-0.2, 0) is 13.0 Å². The number of hydrogen-bond donors (Lipinski definition) is 1. The third-order valence-corrected chi connectivity index (χ3v) is 3.92. The topological polar surface area (TPSA) is 21.3 Å². The Morgan fingerprint density at radius 3 is 2.33 bits per heavy atom. The fraction of sp³-hybridized carbons (Fsp3) is 0.143. The van der Waals surface area contributed by atoms with Crippen LogP contribution in [0.2, 0.25) is 5.02 Å². The van der Waals surface area contributed by atoms with Crippen molar-refractivity contribution in [3.8, 4) is 11.5 Å². The first kappa shape index (κ1) is 16.6.